The molecule has 1 atom stereocenters. The van der Waals surface area contributed by atoms with Gasteiger partial charge in [-0.1, -0.05) is 32.8 Å². The molecule has 0 aliphatic carbocycles. The van der Waals surface area contributed by atoms with E-state index in [4.69, 9.17) is 9.47 Å². The van der Waals surface area contributed by atoms with Crippen molar-refractivity contribution in [1.82, 2.24) is 0 Å². The van der Waals surface area contributed by atoms with Gasteiger partial charge in [0.05, 0.1) is 17.6 Å². The van der Waals surface area contributed by atoms with E-state index in [0.717, 1.165) is 17.4 Å². The number of aromatic hydroxyl groups is 1. The number of carbonyl (C=O) groups is 2. The maximum atomic E-state index is 12.1. The number of fused-ring (bicyclic) bond motifs is 1. The van der Waals surface area contributed by atoms with Gasteiger partial charge in [-0.15, -0.1) is 0 Å². The summed E-state index contributed by atoms with van der Waals surface area (Å²) in [5, 5.41) is 33.8. The third-order valence-corrected chi connectivity index (χ3v) is 5.73. The molecule has 0 amide bonds. The number of carboxylic acids is 1. The number of hydrogen-bond donors (Lipinski definition) is 2. The molecule has 0 radical (unpaired) electrons. The molecule has 2 N–H and O–H groups in total. The molecule has 36 heavy (non-hydrogen) atoms. The fourth-order valence-corrected chi connectivity index (χ4v) is 4.10. The van der Waals surface area contributed by atoms with Crippen LogP contribution in [0.1, 0.15) is 72.4 Å². The summed E-state index contributed by atoms with van der Waals surface area (Å²) < 4.78 is 11.8. The first-order valence-corrected chi connectivity index (χ1v) is 11.8. The van der Waals surface area contributed by atoms with Gasteiger partial charge in [-0.25, -0.2) is 0 Å². The number of phenolic OH excluding ortho intramolecular Hbond substituents is 1. The minimum absolute atomic E-state index is 0. The zero-order valence-electron chi connectivity index (χ0n) is 21.5. The van der Waals surface area contributed by atoms with Crippen LogP contribution < -0.4 is 44.1 Å². The van der Waals surface area contributed by atoms with Gasteiger partial charge in [-0.05, 0) is 67.8 Å². The molecule has 186 valence electrons. The van der Waals surface area contributed by atoms with E-state index in [1.54, 1.807) is 31.2 Å². The van der Waals surface area contributed by atoms with Gasteiger partial charge >= 0.3 is 29.6 Å². The number of Topliss-reactive ketones (excluding diaryl/α,β-unsaturated/α-hetero) is 1. The summed E-state index contributed by atoms with van der Waals surface area (Å²) in [6.07, 6.45) is 1.95. The molecule has 0 fully saturated rings. The maximum absolute atomic E-state index is 12.1. The first-order valence-electron chi connectivity index (χ1n) is 11.8. The number of aryl methyl sites for hydroxylation is 1. The number of ketones is 1. The van der Waals surface area contributed by atoms with Gasteiger partial charge < -0.3 is 29.6 Å². The van der Waals surface area contributed by atoms with E-state index < -0.39 is 12.1 Å². The Hall–Kier alpha value is -2.58. The van der Waals surface area contributed by atoms with Gasteiger partial charge in [0, 0.05) is 16.7 Å². The van der Waals surface area contributed by atoms with Crippen LogP contribution in [0.2, 0.25) is 0 Å². The second-order valence-electron chi connectivity index (χ2n) is 8.66. The number of aliphatic hydroxyl groups is 1. The van der Waals surface area contributed by atoms with E-state index in [0.29, 0.717) is 36.0 Å². The van der Waals surface area contributed by atoms with Gasteiger partial charge in [-0.3, -0.25) is 4.79 Å². The summed E-state index contributed by atoms with van der Waals surface area (Å²) in [5.74, 6) is -0.886. The molecule has 0 aromatic heterocycles. The molecular weight excluding hydrogens is 471 g/mol. The van der Waals surface area contributed by atoms with Gasteiger partial charge in [0.2, 0.25) is 0 Å². The molecule has 8 heteroatoms. The van der Waals surface area contributed by atoms with Crippen molar-refractivity contribution in [3.05, 3.63) is 58.7 Å². The van der Waals surface area contributed by atoms with Crippen molar-refractivity contribution < 1.29 is 63.9 Å². The van der Waals surface area contributed by atoms with Crippen molar-refractivity contribution >= 4 is 22.5 Å². The second-order valence-corrected chi connectivity index (χ2v) is 8.66. The maximum Gasteiger partial charge on any atom is 1.00 e. The quantitative estimate of drug-likeness (QED) is 0.302. The monoisotopic (exact) mass is 502 g/mol. The summed E-state index contributed by atoms with van der Waals surface area (Å²) in [6, 6.07) is 9.79. The van der Waals surface area contributed by atoms with Gasteiger partial charge in [0.25, 0.3) is 0 Å². The third-order valence-electron chi connectivity index (χ3n) is 5.73. The van der Waals surface area contributed by atoms with E-state index in [9.17, 15) is 24.9 Å². The fourth-order valence-electron chi connectivity index (χ4n) is 4.10. The molecule has 0 heterocycles. The van der Waals surface area contributed by atoms with Gasteiger partial charge in [-0.2, -0.15) is 0 Å². The van der Waals surface area contributed by atoms with Crippen LogP contribution in [-0.4, -0.2) is 34.7 Å². The Labute approximate surface area is 233 Å². The fraction of sp³-hybridized carbons (Fsp3) is 0.357. The molecule has 3 aromatic carbocycles. The molecule has 3 rings (SSSR count). The average Bonchev–Trinajstić information content (AvgIpc) is 2.80. The summed E-state index contributed by atoms with van der Waals surface area (Å²) in [7, 11) is 0. The normalized spacial score (nSPS) is 11.6. The average molecular weight is 503 g/mol. The van der Waals surface area contributed by atoms with Crippen molar-refractivity contribution in [2.75, 3.05) is 6.61 Å². The predicted molar refractivity (Wildman–Crippen MR) is 132 cm³/mol. The molecule has 0 saturated heterocycles. The molecule has 0 spiro atoms. The topological polar surface area (TPSA) is 116 Å². The van der Waals surface area contributed by atoms with Crippen LogP contribution in [-0.2, 0) is 12.8 Å². The van der Waals surface area contributed by atoms with Crippen molar-refractivity contribution in [2.45, 2.75) is 59.5 Å². The smallest absolute Gasteiger partial charge is 0.545 e. The number of phenols is 1. The largest absolute Gasteiger partial charge is 1.00 e. The van der Waals surface area contributed by atoms with Crippen LogP contribution in [0.4, 0.5) is 0 Å². The summed E-state index contributed by atoms with van der Waals surface area (Å²) in [6.45, 7) is 7.07. The standard InChI is InChI=1S/C28H32O7.Na/c1-5-7-20-22-14-23(28(32)33)26(13-18(22)9-11-24(20)34-15-16(3)29)35-25-12-10-19(17(4)30)27(31)21(25)8-6-2;/h9-14,16,29,31H,5-8,15H2,1-4H3,(H,32,33);/q;+1/p-1. The number of aromatic carboxylic acids is 1. The van der Waals surface area contributed by atoms with E-state index >= 15 is 0 Å². The minimum Gasteiger partial charge on any atom is -0.545 e. The Balaban J connectivity index is 0.00000456. The summed E-state index contributed by atoms with van der Waals surface area (Å²) >= 11 is 0. The number of aliphatic hydroxyl groups excluding tert-OH is 1. The van der Waals surface area contributed by atoms with E-state index in [-0.39, 0.29) is 70.3 Å². The molecule has 1 unspecified atom stereocenters. The van der Waals surface area contributed by atoms with Crippen LogP contribution in [0.25, 0.3) is 10.8 Å². The van der Waals surface area contributed by atoms with E-state index in [1.165, 1.54) is 19.1 Å². The van der Waals surface area contributed by atoms with E-state index in [1.807, 2.05) is 13.8 Å². The van der Waals surface area contributed by atoms with Crippen LogP contribution in [0.5, 0.6) is 23.0 Å². The molecule has 0 saturated carbocycles. The number of benzene rings is 3. The van der Waals surface area contributed by atoms with Crippen molar-refractivity contribution in [1.29, 1.82) is 0 Å². The first-order chi connectivity index (χ1) is 16.7. The molecule has 7 nitrogen and oxygen atoms in total. The Bertz CT molecular complexity index is 1250. The Kier molecular flexibility index (Phi) is 10.8. The Morgan fingerprint density at radius 3 is 2.17 bits per heavy atom. The van der Waals surface area contributed by atoms with Gasteiger partial charge in [0.1, 0.15) is 29.6 Å². The van der Waals surface area contributed by atoms with Crippen molar-refractivity contribution in [3.8, 4) is 23.0 Å². The Morgan fingerprint density at radius 2 is 1.58 bits per heavy atom. The molecule has 0 bridgehead atoms. The number of ether oxygens (including phenoxy) is 2. The van der Waals surface area contributed by atoms with Crippen LogP contribution in [0.3, 0.4) is 0 Å². The van der Waals surface area contributed by atoms with Crippen molar-refractivity contribution in [2.24, 2.45) is 0 Å². The zero-order chi connectivity index (χ0) is 25.7. The SMILES string of the molecule is CCCc1c(Oc2cc3ccc(OCC(C)O)c(CCC)c3cc2C(=O)[O-])ccc(C(C)=O)c1O.[Na+]. The molecule has 3 aromatic rings. The van der Waals surface area contributed by atoms with Crippen LogP contribution >= 0.6 is 0 Å². The number of hydrogen-bond acceptors (Lipinski definition) is 7. The zero-order valence-corrected chi connectivity index (χ0v) is 23.5. The predicted octanol–water partition coefficient (Wildman–Crippen LogP) is 1.57. The number of carboxylic acid groups (broad SMARTS) is 1. The number of carbonyl (C=O) groups excluding carboxylic acids is 2. The molecule has 0 aliphatic rings. The third kappa shape index (κ3) is 6.59. The summed E-state index contributed by atoms with van der Waals surface area (Å²) in [4.78, 5) is 24.0. The van der Waals surface area contributed by atoms with Crippen LogP contribution in [0.15, 0.2) is 36.4 Å². The number of rotatable bonds is 11. The molecular formula is C28H31NaO7. The van der Waals surface area contributed by atoms with Crippen molar-refractivity contribution in [3.63, 3.8) is 0 Å². The van der Waals surface area contributed by atoms with Gasteiger partial charge in [0.15, 0.2) is 5.78 Å². The first kappa shape index (κ1) is 29.6. The Morgan fingerprint density at radius 1 is 0.944 bits per heavy atom. The molecule has 0 aliphatic heterocycles. The van der Waals surface area contributed by atoms with E-state index in [2.05, 4.69) is 0 Å². The second kappa shape index (κ2) is 13.1. The minimum atomic E-state index is -1.40. The van der Waals surface area contributed by atoms with Crippen LogP contribution in [0, 0.1) is 0 Å². The summed E-state index contributed by atoms with van der Waals surface area (Å²) in [5.41, 5.74) is 1.33.